The standard InChI is InChI=1S/C14H14N4O3/c1-2-21-13(20)8-9-7-12(19)16-14-15-10-5-3-4-6-11(10)18(14)17-9/h3-6H,2,7-8H2,1H3,(H,15,16,19). The summed E-state index contributed by atoms with van der Waals surface area (Å²) in [6.45, 7) is 2.04. The van der Waals surface area contributed by atoms with Crippen molar-refractivity contribution in [1.29, 1.82) is 0 Å². The van der Waals surface area contributed by atoms with Crippen molar-refractivity contribution >= 4 is 34.6 Å². The summed E-state index contributed by atoms with van der Waals surface area (Å²) in [5, 5.41) is 7.08. The Kier molecular flexibility index (Phi) is 3.39. The summed E-state index contributed by atoms with van der Waals surface area (Å²) in [6, 6.07) is 7.42. The first-order valence-electron chi connectivity index (χ1n) is 6.67. The highest BCUT2D eigenvalue weighted by Gasteiger charge is 2.21. The third-order valence-electron chi connectivity index (χ3n) is 3.05. The number of para-hydroxylation sites is 2. The molecule has 2 heterocycles. The van der Waals surface area contributed by atoms with E-state index in [1.165, 1.54) is 0 Å². The van der Waals surface area contributed by atoms with Crippen molar-refractivity contribution in [2.75, 3.05) is 11.9 Å². The lowest BCUT2D eigenvalue weighted by atomic mass is 10.2. The Hall–Kier alpha value is -2.70. The van der Waals surface area contributed by atoms with E-state index in [0.717, 1.165) is 11.0 Å². The maximum absolute atomic E-state index is 11.9. The number of carbonyl (C=O) groups excluding carboxylic acids is 2. The van der Waals surface area contributed by atoms with Gasteiger partial charge < -0.3 is 4.74 Å². The number of imidazole rings is 1. The second-order valence-electron chi connectivity index (χ2n) is 4.61. The molecule has 1 aromatic heterocycles. The summed E-state index contributed by atoms with van der Waals surface area (Å²) in [6.07, 6.45) is 0.0453. The summed E-state index contributed by atoms with van der Waals surface area (Å²) >= 11 is 0. The van der Waals surface area contributed by atoms with Gasteiger partial charge >= 0.3 is 5.97 Å². The molecule has 0 radical (unpaired) electrons. The Balaban J connectivity index is 2.02. The topological polar surface area (TPSA) is 85.6 Å². The first-order chi connectivity index (χ1) is 10.2. The number of hydrogen-bond donors (Lipinski definition) is 1. The minimum atomic E-state index is -0.392. The molecule has 0 atom stereocenters. The molecule has 1 aromatic carbocycles. The van der Waals surface area contributed by atoms with Crippen LogP contribution in [0.3, 0.4) is 0 Å². The molecule has 0 unspecified atom stereocenters. The summed E-state index contributed by atoms with van der Waals surface area (Å²) in [5.74, 6) is -0.274. The fourth-order valence-corrected chi connectivity index (χ4v) is 2.20. The van der Waals surface area contributed by atoms with Crippen LogP contribution in [0.4, 0.5) is 5.95 Å². The van der Waals surface area contributed by atoms with Crippen molar-refractivity contribution in [3.63, 3.8) is 0 Å². The maximum Gasteiger partial charge on any atom is 0.311 e. The Morgan fingerprint density at radius 1 is 1.43 bits per heavy atom. The molecule has 7 nitrogen and oxygen atoms in total. The van der Waals surface area contributed by atoms with E-state index in [9.17, 15) is 9.59 Å². The Morgan fingerprint density at radius 2 is 2.24 bits per heavy atom. The molecule has 3 rings (SSSR count). The van der Waals surface area contributed by atoms with Crippen LogP contribution in [0.1, 0.15) is 19.8 Å². The van der Waals surface area contributed by atoms with Crippen LogP contribution in [0, 0.1) is 0 Å². The quantitative estimate of drug-likeness (QED) is 0.867. The molecule has 0 aliphatic carbocycles. The van der Waals surface area contributed by atoms with E-state index in [4.69, 9.17) is 4.74 Å². The number of aromatic nitrogens is 2. The molecule has 0 spiro atoms. The number of fused-ring (bicyclic) bond motifs is 3. The van der Waals surface area contributed by atoms with Gasteiger partial charge in [-0.15, -0.1) is 0 Å². The smallest absolute Gasteiger partial charge is 0.311 e. The number of nitrogens with one attached hydrogen (secondary N) is 1. The van der Waals surface area contributed by atoms with E-state index in [1.807, 2.05) is 24.3 Å². The molecule has 1 aliphatic rings. The molecule has 21 heavy (non-hydrogen) atoms. The highest BCUT2D eigenvalue weighted by molar-refractivity contribution is 6.12. The number of benzene rings is 1. The number of rotatable bonds is 3. The average Bonchev–Trinajstić information content (AvgIpc) is 2.68. The lowest BCUT2D eigenvalue weighted by Crippen LogP contribution is -2.18. The average molecular weight is 286 g/mol. The molecule has 0 saturated heterocycles. The van der Waals surface area contributed by atoms with Gasteiger partial charge in [0.2, 0.25) is 11.9 Å². The van der Waals surface area contributed by atoms with E-state index in [1.54, 1.807) is 11.6 Å². The van der Waals surface area contributed by atoms with Gasteiger partial charge in [-0.3, -0.25) is 14.9 Å². The molecule has 108 valence electrons. The molecule has 2 aromatic rings. The molecule has 0 fully saturated rings. The highest BCUT2D eigenvalue weighted by atomic mass is 16.5. The van der Waals surface area contributed by atoms with E-state index < -0.39 is 5.97 Å². The van der Waals surface area contributed by atoms with E-state index >= 15 is 0 Å². The normalized spacial score (nSPS) is 14.1. The molecule has 0 bridgehead atoms. The Labute approximate surface area is 120 Å². The third-order valence-corrected chi connectivity index (χ3v) is 3.05. The molecule has 1 amide bonds. The fraction of sp³-hybridized carbons (Fsp3) is 0.286. The van der Waals surface area contributed by atoms with Gasteiger partial charge in [0.15, 0.2) is 0 Å². The monoisotopic (exact) mass is 286 g/mol. The highest BCUT2D eigenvalue weighted by Crippen LogP contribution is 2.22. The number of anilines is 1. The van der Waals surface area contributed by atoms with Crippen molar-refractivity contribution in [3.05, 3.63) is 24.3 Å². The molecule has 1 N–H and O–H groups in total. The zero-order valence-electron chi connectivity index (χ0n) is 11.5. The summed E-state index contributed by atoms with van der Waals surface area (Å²) in [7, 11) is 0. The van der Waals surface area contributed by atoms with Gasteiger partial charge in [-0.1, -0.05) is 12.1 Å². The van der Waals surface area contributed by atoms with Crippen LogP contribution in [0.15, 0.2) is 29.4 Å². The number of esters is 1. The summed E-state index contributed by atoms with van der Waals surface area (Å²) in [5.41, 5.74) is 1.96. The van der Waals surface area contributed by atoms with Crippen molar-refractivity contribution in [3.8, 4) is 0 Å². The van der Waals surface area contributed by atoms with Crippen LogP contribution >= 0.6 is 0 Å². The SMILES string of the molecule is CCOC(=O)CC1=Nn2c(nc3ccccc32)NC(=O)C1. The second kappa shape index (κ2) is 5.35. The zero-order valence-corrected chi connectivity index (χ0v) is 11.5. The predicted octanol–water partition coefficient (Wildman–Crippen LogP) is 1.54. The molecular weight excluding hydrogens is 272 g/mol. The van der Waals surface area contributed by atoms with Crippen LogP contribution in [0.25, 0.3) is 11.0 Å². The maximum atomic E-state index is 11.9. The van der Waals surface area contributed by atoms with Gasteiger partial charge in [0.25, 0.3) is 0 Å². The van der Waals surface area contributed by atoms with Crippen molar-refractivity contribution < 1.29 is 14.3 Å². The third kappa shape index (κ3) is 2.62. The summed E-state index contributed by atoms with van der Waals surface area (Å²) in [4.78, 5) is 27.8. The predicted molar refractivity (Wildman–Crippen MR) is 77.1 cm³/mol. The van der Waals surface area contributed by atoms with Crippen LogP contribution < -0.4 is 5.32 Å². The van der Waals surface area contributed by atoms with Crippen LogP contribution in [0.2, 0.25) is 0 Å². The van der Waals surface area contributed by atoms with Crippen LogP contribution in [-0.4, -0.2) is 33.9 Å². The number of ether oxygens (including phenoxy) is 1. The van der Waals surface area contributed by atoms with E-state index in [-0.39, 0.29) is 18.7 Å². The Morgan fingerprint density at radius 3 is 3.05 bits per heavy atom. The van der Waals surface area contributed by atoms with Gasteiger partial charge in [-0.05, 0) is 19.1 Å². The molecule has 1 aliphatic heterocycles. The van der Waals surface area contributed by atoms with Crippen molar-refractivity contribution in [1.82, 2.24) is 9.66 Å². The van der Waals surface area contributed by atoms with Crippen LogP contribution in [0.5, 0.6) is 0 Å². The minimum Gasteiger partial charge on any atom is -0.466 e. The zero-order chi connectivity index (χ0) is 14.8. The fourth-order valence-electron chi connectivity index (χ4n) is 2.20. The lowest BCUT2D eigenvalue weighted by molar-refractivity contribution is -0.141. The van der Waals surface area contributed by atoms with Gasteiger partial charge in [0.05, 0.1) is 36.2 Å². The number of hydrogen-bond acceptors (Lipinski definition) is 5. The van der Waals surface area contributed by atoms with E-state index in [0.29, 0.717) is 18.3 Å². The van der Waals surface area contributed by atoms with E-state index in [2.05, 4.69) is 15.4 Å². The number of amides is 1. The molecule has 0 saturated carbocycles. The number of nitrogens with zero attached hydrogens (tertiary/aromatic N) is 3. The largest absolute Gasteiger partial charge is 0.466 e. The first kappa shape index (κ1) is 13.3. The van der Waals surface area contributed by atoms with Gasteiger partial charge in [-0.2, -0.15) is 9.78 Å². The Bertz CT molecular complexity index is 748. The van der Waals surface area contributed by atoms with Gasteiger partial charge in [-0.25, -0.2) is 4.98 Å². The second-order valence-corrected chi connectivity index (χ2v) is 4.61. The first-order valence-corrected chi connectivity index (χ1v) is 6.67. The van der Waals surface area contributed by atoms with Crippen LogP contribution in [-0.2, 0) is 14.3 Å². The molecular formula is C14H14N4O3. The van der Waals surface area contributed by atoms with Gasteiger partial charge in [0, 0.05) is 0 Å². The molecule has 7 heteroatoms. The van der Waals surface area contributed by atoms with Gasteiger partial charge in [0.1, 0.15) is 0 Å². The summed E-state index contributed by atoms with van der Waals surface area (Å²) < 4.78 is 6.45. The number of carbonyl (C=O) groups is 2. The van der Waals surface area contributed by atoms with Crippen molar-refractivity contribution in [2.45, 2.75) is 19.8 Å². The minimum absolute atomic E-state index is 0.00674. The lowest BCUT2D eigenvalue weighted by Gasteiger charge is -2.03. The van der Waals surface area contributed by atoms with Crippen molar-refractivity contribution in [2.24, 2.45) is 5.10 Å².